The molecular formula is C33H44N7O6Rh-. The third kappa shape index (κ3) is 12.7. The van der Waals surface area contributed by atoms with Gasteiger partial charge in [-0.2, -0.15) is 0 Å². The summed E-state index contributed by atoms with van der Waals surface area (Å²) in [6.45, 7) is 4.96. The standard InChI is InChI=1S/C33H44N7O6.Rh/c1-22(2)19-27(30(42)33(45)38-46)31(43)36-28(20-23-12-14-25(15-13-23)29(41)24-9-4-3-5-10-24)32(44)35-17-7-6-11-26-21-40(39-37-26)18-8-16-34;/h3-5,9-10,12-15,21-22,27-28,30,34,42,46H,6-8,11,16-20H2,1-2H3,(H,35,44)(H,36,43)(H,38,45);/q-1;/t27-,28+,30+;/m1./s1. The second-order valence-electron chi connectivity index (χ2n) is 11.6. The van der Waals surface area contributed by atoms with E-state index in [9.17, 15) is 24.3 Å². The fourth-order valence-electron chi connectivity index (χ4n) is 4.98. The molecule has 0 unspecified atom stereocenters. The van der Waals surface area contributed by atoms with Gasteiger partial charge in [0.1, 0.15) is 12.1 Å². The van der Waals surface area contributed by atoms with Crippen molar-refractivity contribution in [1.82, 2.24) is 31.1 Å². The molecule has 0 bridgehead atoms. The van der Waals surface area contributed by atoms with Gasteiger partial charge >= 0.3 is 0 Å². The Bertz CT molecular complexity index is 1420. The van der Waals surface area contributed by atoms with E-state index in [1.165, 1.54) is 5.48 Å². The Balaban J connectivity index is 0.00000768. The number of unbranched alkanes of at least 4 members (excludes halogenated alkanes) is 1. The Hall–Kier alpha value is -3.84. The van der Waals surface area contributed by atoms with Gasteiger partial charge < -0.3 is 21.5 Å². The number of aliphatic hydroxyl groups is 1. The number of carbonyl (C=O) groups excluding carboxylic acids is 4. The van der Waals surface area contributed by atoms with Crippen molar-refractivity contribution < 1.29 is 49.0 Å². The van der Waals surface area contributed by atoms with Crippen LogP contribution in [-0.4, -0.2) is 74.0 Å². The van der Waals surface area contributed by atoms with Gasteiger partial charge in [-0.05, 0) is 37.2 Å². The Morgan fingerprint density at radius 1 is 0.915 bits per heavy atom. The van der Waals surface area contributed by atoms with E-state index in [4.69, 9.17) is 10.9 Å². The number of aromatic nitrogens is 3. The van der Waals surface area contributed by atoms with Crippen molar-refractivity contribution in [2.45, 2.75) is 71.1 Å². The number of amides is 3. The van der Waals surface area contributed by atoms with Crippen LogP contribution < -0.4 is 16.1 Å². The molecule has 3 aromatic rings. The summed E-state index contributed by atoms with van der Waals surface area (Å²) < 4.78 is 1.72. The zero-order chi connectivity index (χ0) is 33.5. The zero-order valence-electron chi connectivity index (χ0n) is 26.6. The first-order chi connectivity index (χ1) is 22.1. The molecule has 0 aliphatic carbocycles. The fraction of sp³-hybridized carbons (Fsp3) is 0.455. The van der Waals surface area contributed by atoms with Crippen LogP contribution in [0.1, 0.15) is 66.7 Å². The summed E-state index contributed by atoms with van der Waals surface area (Å²) in [6, 6.07) is 14.6. The van der Waals surface area contributed by atoms with E-state index in [1.807, 2.05) is 26.1 Å². The number of nitrogens with zero attached hydrogens (tertiary/aromatic N) is 3. The van der Waals surface area contributed by atoms with Crippen molar-refractivity contribution in [3.05, 3.63) is 88.9 Å². The monoisotopic (exact) mass is 737 g/mol. The summed E-state index contributed by atoms with van der Waals surface area (Å²) >= 11 is 0. The molecule has 3 atom stereocenters. The van der Waals surface area contributed by atoms with Crippen LogP contribution in [0, 0.1) is 11.8 Å². The van der Waals surface area contributed by atoms with Gasteiger partial charge in [0, 0.05) is 56.3 Å². The van der Waals surface area contributed by atoms with E-state index in [0.717, 1.165) is 12.1 Å². The molecule has 13 nitrogen and oxygen atoms in total. The number of benzene rings is 2. The first kappa shape index (κ1) is 39.3. The van der Waals surface area contributed by atoms with Gasteiger partial charge in [-0.15, -0.1) is 11.6 Å². The van der Waals surface area contributed by atoms with E-state index < -0.39 is 35.8 Å². The van der Waals surface area contributed by atoms with Gasteiger partial charge in [-0.25, -0.2) is 5.48 Å². The average Bonchev–Trinajstić information content (AvgIpc) is 3.52. The van der Waals surface area contributed by atoms with Crippen LogP contribution in [-0.2, 0) is 53.2 Å². The Morgan fingerprint density at radius 2 is 1.60 bits per heavy atom. The number of aliphatic hydroxyl groups excluding tert-OH is 1. The number of hydrogen-bond donors (Lipinski definition) is 5. The van der Waals surface area contributed by atoms with Crippen molar-refractivity contribution in [3.63, 3.8) is 0 Å². The molecule has 0 fully saturated rings. The predicted octanol–water partition coefficient (Wildman–Crippen LogP) is 2.64. The molecule has 3 amide bonds. The molecule has 47 heavy (non-hydrogen) atoms. The van der Waals surface area contributed by atoms with Crippen molar-refractivity contribution >= 4 is 23.5 Å². The van der Waals surface area contributed by atoms with Gasteiger partial charge in [0.25, 0.3) is 5.91 Å². The molecular weight excluding hydrogens is 693 g/mol. The first-order valence-corrected chi connectivity index (χ1v) is 15.5. The molecule has 0 saturated heterocycles. The minimum atomic E-state index is -1.82. The van der Waals surface area contributed by atoms with E-state index in [0.29, 0.717) is 55.6 Å². The van der Waals surface area contributed by atoms with Crippen LogP contribution in [0.3, 0.4) is 0 Å². The van der Waals surface area contributed by atoms with E-state index in [-0.39, 0.29) is 44.0 Å². The van der Waals surface area contributed by atoms with E-state index >= 15 is 0 Å². The van der Waals surface area contributed by atoms with Crippen molar-refractivity contribution in [2.75, 3.05) is 13.1 Å². The van der Waals surface area contributed by atoms with Gasteiger partial charge in [0.05, 0.1) is 11.6 Å². The minimum Gasteiger partial charge on any atom is -0.677 e. The molecule has 0 aliphatic heterocycles. The smallest absolute Gasteiger partial charge is 0.272 e. The number of hydroxylamine groups is 1. The van der Waals surface area contributed by atoms with Crippen LogP contribution in [0.5, 0.6) is 0 Å². The number of nitrogens with one attached hydrogen (secondary N) is 4. The summed E-state index contributed by atoms with van der Waals surface area (Å²) in [7, 11) is 0. The van der Waals surface area contributed by atoms with Crippen LogP contribution in [0.4, 0.5) is 0 Å². The summed E-state index contributed by atoms with van der Waals surface area (Å²) in [5.74, 6) is -3.67. The molecule has 1 heterocycles. The molecule has 3 rings (SSSR count). The molecule has 2 aromatic carbocycles. The molecule has 14 heteroatoms. The van der Waals surface area contributed by atoms with Crippen molar-refractivity contribution in [3.8, 4) is 0 Å². The van der Waals surface area contributed by atoms with E-state index in [1.54, 1.807) is 53.2 Å². The maximum atomic E-state index is 13.4. The molecule has 1 aromatic heterocycles. The number of carbonyl (C=O) groups is 4. The third-order valence-corrected chi connectivity index (χ3v) is 7.46. The number of rotatable bonds is 19. The zero-order valence-corrected chi connectivity index (χ0v) is 28.3. The predicted molar refractivity (Wildman–Crippen MR) is 171 cm³/mol. The third-order valence-electron chi connectivity index (χ3n) is 7.46. The molecule has 257 valence electrons. The largest absolute Gasteiger partial charge is 0.677 e. The normalized spacial score (nSPS) is 12.8. The molecule has 0 saturated carbocycles. The molecule has 6 N–H and O–H groups in total. The summed E-state index contributed by atoms with van der Waals surface area (Å²) in [5.41, 5.74) is 11.2. The van der Waals surface area contributed by atoms with Crippen molar-refractivity contribution in [1.29, 1.82) is 0 Å². The Labute approximate surface area is 287 Å². The van der Waals surface area contributed by atoms with Crippen molar-refractivity contribution in [2.24, 2.45) is 11.8 Å². The van der Waals surface area contributed by atoms with Gasteiger partial charge in [-0.3, -0.25) is 29.1 Å². The Morgan fingerprint density at radius 3 is 2.23 bits per heavy atom. The second-order valence-corrected chi connectivity index (χ2v) is 11.6. The Kier molecular flexibility index (Phi) is 17.1. The minimum absolute atomic E-state index is 0. The van der Waals surface area contributed by atoms with Crippen LogP contribution in [0.25, 0.3) is 5.73 Å². The number of ketones is 1. The number of aryl methyl sites for hydroxylation is 2. The molecule has 0 aliphatic rings. The quantitative estimate of drug-likeness (QED) is 0.0407. The average molecular weight is 738 g/mol. The van der Waals surface area contributed by atoms with Crippen LogP contribution in [0.2, 0.25) is 0 Å². The SMILES string of the molecule is CC(C)C[C@@H](C(=O)N[C@@H](Cc1ccc(C(=O)c2ccccc2)cc1)C(=O)NCCCCc1cn(CCC[NH-])nn1)[C@H](O)C(=O)NO.[Rh]. The maximum absolute atomic E-state index is 13.4. The second kappa shape index (κ2) is 20.4. The first-order valence-electron chi connectivity index (χ1n) is 15.5. The molecule has 1 radical (unpaired) electrons. The topological polar surface area (TPSA) is 199 Å². The summed E-state index contributed by atoms with van der Waals surface area (Å²) in [6.07, 6.45) is 3.04. The summed E-state index contributed by atoms with van der Waals surface area (Å²) in [5, 5.41) is 33.3. The molecule has 0 spiro atoms. The maximum Gasteiger partial charge on any atom is 0.272 e. The van der Waals surface area contributed by atoms with Gasteiger partial charge in [0.2, 0.25) is 11.8 Å². The number of hydrogen-bond acceptors (Lipinski definition) is 8. The van der Waals surface area contributed by atoms with Crippen LogP contribution >= 0.6 is 0 Å². The van der Waals surface area contributed by atoms with Gasteiger partial charge in [0.15, 0.2) is 5.78 Å². The fourth-order valence-corrected chi connectivity index (χ4v) is 4.98. The van der Waals surface area contributed by atoms with Crippen LogP contribution in [0.15, 0.2) is 60.8 Å². The van der Waals surface area contributed by atoms with Gasteiger partial charge in [-0.1, -0.05) is 80.1 Å². The summed E-state index contributed by atoms with van der Waals surface area (Å²) in [4.78, 5) is 51.6. The van der Waals surface area contributed by atoms with E-state index in [2.05, 4.69) is 20.9 Å².